The van der Waals surface area contributed by atoms with Gasteiger partial charge >= 0.3 is 0 Å². The highest BCUT2D eigenvalue weighted by molar-refractivity contribution is 5.97. The van der Waals surface area contributed by atoms with E-state index in [1.165, 1.54) is 0 Å². The number of hydrogen-bond acceptors (Lipinski definition) is 3. The van der Waals surface area contributed by atoms with Crippen LogP contribution in [0.4, 0.5) is 0 Å². The van der Waals surface area contributed by atoms with E-state index >= 15 is 0 Å². The zero-order valence-corrected chi connectivity index (χ0v) is 12.4. The Labute approximate surface area is 120 Å². The Morgan fingerprint density at radius 2 is 1.80 bits per heavy atom. The van der Waals surface area contributed by atoms with E-state index < -0.39 is 0 Å². The number of carbonyl (C=O) groups excluding carboxylic acids is 1. The predicted molar refractivity (Wildman–Crippen MR) is 79.5 cm³/mol. The molecule has 1 heterocycles. The van der Waals surface area contributed by atoms with Crippen molar-refractivity contribution in [2.75, 3.05) is 13.1 Å². The van der Waals surface area contributed by atoms with E-state index in [2.05, 4.69) is 25.9 Å². The average Bonchev–Trinajstić information content (AvgIpc) is 2.46. The van der Waals surface area contributed by atoms with E-state index in [1.54, 1.807) is 0 Å². The third kappa shape index (κ3) is 3.00. The molecule has 2 rings (SSSR count). The van der Waals surface area contributed by atoms with Crippen LogP contribution in [0.2, 0.25) is 0 Å². The second-order valence-corrected chi connectivity index (χ2v) is 6.25. The van der Waals surface area contributed by atoms with Crippen molar-refractivity contribution in [1.82, 2.24) is 4.90 Å². The van der Waals surface area contributed by atoms with Crippen LogP contribution in [-0.4, -0.2) is 34.8 Å². The van der Waals surface area contributed by atoms with Gasteiger partial charge in [-0.25, -0.2) is 0 Å². The van der Waals surface area contributed by atoms with E-state index in [0.29, 0.717) is 25.9 Å². The van der Waals surface area contributed by atoms with Crippen molar-refractivity contribution in [3.05, 3.63) is 35.4 Å². The van der Waals surface area contributed by atoms with Crippen molar-refractivity contribution >= 4 is 11.6 Å². The first-order valence-corrected chi connectivity index (χ1v) is 7.02. The molecule has 20 heavy (non-hydrogen) atoms. The Hall–Kier alpha value is -1.84. The Kier molecular flexibility index (Phi) is 4.12. The summed E-state index contributed by atoms with van der Waals surface area (Å²) in [5.41, 5.74) is 2.58. The highest BCUT2D eigenvalue weighted by Gasteiger charge is 2.26. The summed E-state index contributed by atoms with van der Waals surface area (Å²) in [6, 6.07) is 7.81. The molecule has 108 valence electrons. The van der Waals surface area contributed by atoms with Crippen LogP contribution in [0.3, 0.4) is 0 Å². The van der Waals surface area contributed by atoms with Crippen molar-refractivity contribution in [1.29, 1.82) is 0 Å². The molecule has 1 aliphatic rings. The van der Waals surface area contributed by atoms with Gasteiger partial charge in [0.2, 0.25) is 0 Å². The van der Waals surface area contributed by atoms with Crippen molar-refractivity contribution in [2.45, 2.75) is 39.0 Å². The maximum Gasteiger partial charge on any atom is 0.254 e. The molecule has 4 heteroatoms. The molecule has 0 bridgehead atoms. The van der Waals surface area contributed by atoms with Crippen molar-refractivity contribution < 1.29 is 10.0 Å². The normalized spacial score (nSPS) is 16.1. The lowest BCUT2D eigenvalue weighted by molar-refractivity contribution is 0.0751. The van der Waals surface area contributed by atoms with Gasteiger partial charge in [0.25, 0.3) is 5.91 Å². The van der Waals surface area contributed by atoms with E-state index in [9.17, 15) is 4.79 Å². The number of rotatable bonds is 1. The van der Waals surface area contributed by atoms with Gasteiger partial charge in [-0.2, -0.15) is 0 Å². The first kappa shape index (κ1) is 14.6. The van der Waals surface area contributed by atoms with Gasteiger partial charge in [0, 0.05) is 31.5 Å². The largest absolute Gasteiger partial charge is 0.411 e. The molecule has 1 fully saturated rings. The molecule has 0 saturated carbocycles. The first-order valence-electron chi connectivity index (χ1n) is 7.02. The predicted octanol–water partition coefficient (Wildman–Crippen LogP) is 3.05. The number of oxime groups is 1. The molecule has 0 radical (unpaired) electrons. The number of piperidine rings is 1. The minimum Gasteiger partial charge on any atom is -0.411 e. The average molecular weight is 274 g/mol. The van der Waals surface area contributed by atoms with Gasteiger partial charge in [0.05, 0.1) is 5.71 Å². The summed E-state index contributed by atoms with van der Waals surface area (Å²) in [5.74, 6) is 0.0764. The minimum atomic E-state index is -0.0558. The molecule has 1 amide bonds. The Bertz CT molecular complexity index is 520. The third-order valence-corrected chi connectivity index (χ3v) is 3.73. The zero-order valence-electron chi connectivity index (χ0n) is 12.4. The fourth-order valence-electron chi connectivity index (χ4n) is 2.56. The van der Waals surface area contributed by atoms with E-state index in [4.69, 9.17) is 5.21 Å². The van der Waals surface area contributed by atoms with Crippen LogP contribution in [0.15, 0.2) is 29.4 Å². The lowest BCUT2D eigenvalue weighted by Crippen LogP contribution is -2.39. The van der Waals surface area contributed by atoms with Crippen LogP contribution >= 0.6 is 0 Å². The van der Waals surface area contributed by atoms with Crippen LogP contribution in [0.1, 0.15) is 49.5 Å². The lowest BCUT2D eigenvalue weighted by atomic mass is 9.83. The minimum absolute atomic E-state index is 0.0558. The van der Waals surface area contributed by atoms with Gasteiger partial charge in [-0.1, -0.05) is 44.1 Å². The molecule has 0 atom stereocenters. The van der Waals surface area contributed by atoms with Crippen LogP contribution < -0.4 is 0 Å². The monoisotopic (exact) mass is 274 g/mol. The molecule has 0 spiro atoms. The summed E-state index contributed by atoms with van der Waals surface area (Å²) in [6.07, 6.45) is 1.31. The maximum absolute atomic E-state index is 12.7. The number of nitrogens with zero attached hydrogens (tertiary/aromatic N) is 2. The van der Waals surface area contributed by atoms with Crippen molar-refractivity contribution in [2.24, 2.45) is 5.16 Å². The number of benzene rings is 1. The van der Waals surface area contributed by atoms with Gasteiger partial charge in [0.15, 0.2) is 0 Å². The van der Waals surface area contributed by atoms with Gasteiger partial charge in [-0.15, -0.1) is 0 Å². The summed E-state index contributed by atoms with van der Waals surface area (Å²) >= 11 is 0. The number of carbonyl (C=O) groups is 1. The molecule has 4 nitrogen and oxygen atoms in total. The van der Waals surface area contributed by atoms with Crippen LogP contribution in [0.25, 0.3) is 0 Å². The molecule has 1 aliphatic heterocycles. The SMILES string of the molecule is CC(C)(C)c1ccccc1C(=O)N1CCC(=NO)CC1. The second kappa shape index (κ2) is 5.65. The molecule has 0 unspecified atom stereocenters. The molecule has 1 N–H and O–H groups in total. The van der Waals surface area contributed by atoms with Gasteiger partial charge in [-0.05, 0) is 17.0 Å². The third-order valence-electron chi connectivity index (χ3n) is 3.73. The van der Waals surface area contributed by atoms with E-state index in [-0.39, 0.29) is 11.3 Å². The standard InChI is InChI=1S/C16H22N2O2/c1-16(2,3)14-7-5-4-6-13(14)15(19)18-10-8-12(17-20)9-11-18/h4-7,20H,8-11H2,1-3H3. The van der Waals surface area contributed by atoms with E-state index in [1.807, 2.05) is 29.2 Å². The fourth-order valence-corrected chi connectivity index (χ4v) is 2.56. The molecule has 1 saturated heterocycles. The molecular weight excluding hydrogens is 252 g/mol. The summed E-state index contributed by atoms with van der Waals surface area (Å²) in [6.45, 7) is 7.59. The molecule has 1 aromatic carbocycles. The summed E-state index contributed by atoms with van der Waals surface area (Å²) < 4.78 is 0. The number of likely N-dealkylation sites (tertiary alicyclic amines) is 1. The second-order valence-electron chi connectivity index (χ2n) is 6.25. The maximum atomic E-state index is 12.7. The quantitative estimate of drug-likeness (QED) is 0.632. The first-order chi connectivity index (χ1) is 9.43. The molecule has 0 aliphatic carbocycles. The topological polar surface area (TPSA) is 52.9 Å². The summed E-state index contributed by atoms with van der Waals surface area (Å²) in [5, 5.41) is 12.0. The molecular formula is C16H22N2O2. The van der Waals surface area contributed by atoms with E-state index in [0.717, 1.165) is 16.8 Å². The van der Waals surface area contributed by atoms with Crippen LogP contribution in [-0.2, 0) is 5.41 Å². The Morgan fingerprint density at radius 1 is 1.20 bits per heavy atom. The fraction of sp³-hybridized carbons (Fsp3) is 0.500. The van der Waals surface area contributed by atoms with Crippen molar-refractivity contribution in [3.8, 4) is 0 Å². The summed E-state index contributed by atoms with van der Waals surface area (Å²) in [4.78, 5) is 14.5. The Morgan fingerprint density at radius 3 is 2.35 bits per heavy atom. The lowest BCUT2D eigenvalue weighted by Gasteiger charge is -2.30. The van der Waals surface area contributed by atoms with Crippen LogP contribution in [0, 0.1) is 0 Å². The smallest absolute Gasteiger partial charge is 0.254 e. The zero-order chi connectivity index (χ0) is 14.8. The van der Waals surface area contributed by atoms with Gasteiger partial charge in [0.1, 0.15) is 0 Å². The highest BCUT2D eigenvalue weighted by atomic mass is 16.4. The number of amides is 1. The highest BCUT2D eigenvalue weighted by Crippen LogP contribution is 2.27. The van der Waals surface area contributed by atoms with Gasteiger partial charge in [-0.3, -0.25) is 4.79 Å². The molecule has 1 aromatic rings. The summed E-state index contributed by atoms with van der Waals surface area (Å²) in [7, 11) is 0. The molecule has 0 aromatic heterocycles. The Balaban J connectivity index is 2.22. The van der Waals surface area contributed by atoms with Crippen molar-refractivity contribution in [3.63, 3.8) is 0 Å². The van der Waals surface area contributed by atoms with Crippen LogP contribution in [0.5, 0.6) is 0 Å². The van der Waals surface area contributed by atoms with Gasteiger partial charge < -0.3 is 10.1 Å². The number of hydrogen-bond donors (Lipinski definition) is 1.